The molecule has 1 aliphatic heterocycles. The second kappa shape index (κ2) is 5.55. The molecule has 0 aliphatic carbocycles. The maximum absolute atomic E-state index is 11.7. The molecule has 1 heterocycles. The third kappa shape index (κ3) is 2.74. The van der Waals surface area contributed by atoms with E-state index in [1.54, 1.807) is 12.2 Å². The Morgan fingerprint density at radius 3 is 2.43 bits per heavy atom. The smallest absolute Gasteiger partial charge is 0.241 e. The molecule has 0 saturated carbocycles. The molecule has 108 valence electrons. The van der Waals surface area contributed by atoms with E-state index < -0.39 is 11.9 Å². The molecule has 1 fully saturated rings. The van der Waals surface area contributed by atoms with Crippen LogP contribution in [0.4, 0.5) is 0 Å². The first kappa shape index (κ1) is 13.6. The zero-order valence-corrected chi connectivity index (χ0v) is 11.6. The number of primary amides is 1. The van der Waals surface area contributed by atoms with Gasteiger partial charge in [-0.2, -0.15) is 0 Å². The molecule has 1 saturated heterocycles. The van der Waals surface area contributed by atoms with Gasteiger partial charge in [0, 0.05) is 0 Å². The molecule has 0 spiro atoms. The van der Waals surface area contributed by atoms with Crippen LogP contribution in [0.2, 0.25) is 0 Å². The van der Waals surface area contributed by atoms with E-state index in [4.69, 9.17) is 15.3 Å². The van der Waals surface area contributed by atoms with Crippen molar-refractivity contribution in [1.29, 1.82) is 0 Å². The molecule has 5 nitrogen and oxygen atoms in total. The summed E-state index contributed by atoms with van der Waals surface area (Å²) < 4.78 is 5.12. The number of carbonyl (C=O) groups excluding carboxylic acids is 1. The first-order valence-electron chi connectivity index (χ1n) is 6.64. The Hall–Kier alpha value is -2.37. The SMILES string of the molecule is COc1ccc(C2ON2[C@@H](C(N)=O)c2ccccc2)cc1. The number of nitrogens with zero attached hydrogens (tertiary/aromatic N) is 1. The highest BCUT2D eigenvalue weighted by Gasteiger charge is 2.46. The number of rotatable bonds is 5. The van der Waals surface area contributed by atoms with E-state index in [1.807, 2.05) is 54.6 Å². The lowest BCUT2D eigenvalue weighted by molar-refractivity contribution is -0.123. The predicted molar refractivity (Wildman–Crippen MR) is 77.0 cm³/mol. The third-order valence-corrected chi connectivity index (χ3v) is 3.45. The van der Waals surface area contributed by atoms with Crippen LogP contribution in [0, 0.1) is 0 Å². The zero-order valence-electron chi connectivity index (χ0n) is 11.6. The fraction of sp³-hybridized carbons (Fsp3) is 0.188. The van der Waals surface area contributed by atoms with Gasteiger partial charge in [0.25, 0.3) is 0 Å². The predicted octanol–water partition coefficient (Wildman–Crippen LogP) is 2.17. The topological polar surface area (TPSA) is 67.9 Å². The normalized spacial score (nSPS) is 21.6. The van der Waals surface area contributed by atoms with Gasteiger partial charge in [-0.3, -0.25) is 9.63 Å². The summed E-state index contributed by atoms with van der Waals surface area (Å²) in [5.74, 6) is 0.345. The monoisotopic (exact) mass is 284 g/mol. The van der Waals surface area contributed by atoms with Gasteiger partial charge in [-0.1, -0.05) is 42.5 Å². The molecule has 2 aromatic carbocycles. The Kier molecular flexibility index (Phi) is 3.60. The second-order valence-electron chi connectivity index (χ2n) is 4.81. The molecular formula is C16H16N2O3. The van der Waals surface area contributed by atoms with E-state index in [-0.39, 0.29) is 6.23 Å². The fourth-order valence-electron chi connectivity index (χ4n) is 2.33. The standard InChI is InChI=1S/C16H16N2O3/c1-20-13-9-7-12(8-10-13)16-18(21-16)14(15(17)19)11-5-3-2-4-6-11/h2-10,14,16H,1H3,(H2,17,19)/t14-,16?,18?/m1/s1. The minimum absolute atomic E-state index is 0.256. The molecule has 2 aromatic rings. The van der Waals surface area contributed by atoms with Crippen LogP contribution in [0.15, 0.2) is 54.6 Å². The summed E-state index contributed by atoms with van der Waals surface area (Å²) in [5, 5.41) is 1.61. The molecule has 0 bridgehead atoms. The van der Waals surface area contributed by atoms with Crippen LogP contribution in [0.1, 0.15) is 23.4 Å². The zero-order chi connectivity index (χ0) is 14.8. The molecule has 21 heavy (non-hydrogen) atoms. The highest BCUT2D eigenvalue weighted by molar-refractivity contribution is 5.81. The van der Waals surface area contributed by atoms with Gasteiger partial charge < -0.3 is 10.5 Å². The van der Waals surface area contributed by atoms with Crippen LogP contribution in [0.25, 0.3) is 0 Å². The lowest BCUT2D eigenvalue weighted by atomic mass is 10.1. The Balaban J connectivity index is 1.79. The van der Waals surface area contributed by atoms with Crippen LogP contribution in [-0.4, -0.2) is 18.1 Å². The van der Waals surface area contributed by atoms with Crippen molar-refractivity contribution in [2.75, 3.05) is 7.11 Å². The molecule has 5 heteroatoms. The van der Waals surface area contributed by atoms with Gasteiger partial charge in [0.1, 0.15) is 11.8 Å². The average molecular weight is 284 g/mol. The van der Waals surface area contributed by atoms with Gasteiger partial charge in [0.15, 0.2) is 6.23 Å². The quantitative estimate of drug-likeness (QED) is 0.854. The highest BCUT2D eigenvalue weighted by atomic mass is 16.8. The number of methoxy groups -OCH3 is 1. The first-order valence-corrected chi connectivity index (χ1v) is 6.64. The van der Waals surface area contributed by atoms with Crippen LogP contribution < -0.4 is 10.5 Å². The summed E-state index contributed by atoms with van der Waals surface area (Å²) in [4.78, 5) is 17.3. The molecule has 2 unspecified atom stereocenters. The van der Waals surface area contributed by atoms with Crippen molar-refractivity contribution in [3.8, 4) is 5.75 Å². The van der Waals surface area contributed by atoms with E-state index in [2.05, 4.69) is 0 Å². The van der Waals surface area contributed by atoms with Crippen molar-refractivity contribution >= 4 is 5.91 Å². The number of hydrogen-bond donors (Lipinski definition) is 1. The van der Waals surface area contributed by atoms with Crippen LogP contribution >= 0.6 is 0 Å². The third-order valence-electron chi connectivity index (χ3n) is 3.45. The molecule has 0 aromatic heterocycles. The van der Waals surface area contributed by atoms with Crippen LogP contribution in [-0.2, 0) is 9.63 Å². The van der Waals surface area contributed by atoms with Gasteiger partial charge in [-0.05, 0) is 23.3 Å². The number of nitrogens with two attached hydrogens (primary N) is 1. The van der Waals surface area contributed by atoms with E-state index in [0.29, 0.717) is 0 Å². The van der Waals surface area contributed by atoms with Crippen molar-refractivity contribution in [3.05, 3.63) is 65.7 Å². The maximum Gasteiger partial charge on any atom is 0.241 e. The molecule has 3 rings (SSSR count). The van der Waals surface area contributed by atoms with Crippen molar-refractivity contribution in [3.63, 3.8) is 0 Å². The largest absolute Gasteiger partial charge is 0.497 e. The summed E-state index contributed by atoms with van der Waals surface area (Å²) in [7, 11) is 1.62. The summed E-state index contributed by atoms with van der Waals surface area (Å²) >= 11 is 0. The molecule has 2 N–H and O–H groups in total. The van der Waals surface area contributed by atoms with Gasteiger partial charge in [0.05, 0.1) is 7.11 Å². The average Bonchev–Trinajstić information content (AvgIpc) is 3.28. The number of hydrogen-bond acceptors (Lipinski definition) is 4. The van der Waals surface area contributed by atoms with E-state index in [0.717, 1.165) is 16.9 Å². The molecule has 3 atom stereocenters. The lowest BCUT2D eigenvalue weighted by Gasteiger charge is -2.12. The molecule has 1 amide bonds. The summed E-state index contributed by atoms with van der Waals surface area (Å²) in [6, 6.07) is 16.3. The van der Waals surface area contributed by atoms with Crippen molar-refractivity contribution in [2.24, 2.45) is 5.73 Å². The van der Waals surface area contributed by atoms with Gasteiger partial charge in [-0.25, -0.2) is 0 Å². The Morgan fingerprint density at radius 2 is 1.86 bits per heavy atom. The van der Waals surface area contributed by atoms with Crippen molar-refractivity contribution < 1.29 is 14.4 Å². The molecular weight excluding hydrogens is 268 g/mol. The summed E-state index contributed by atoms with van der Waals surface area (Å²) in [6.07, 6.45) is -0.256. The number of ether oxygens (including phenoxy) is 1. The van der Waals surface area contributed by atoms with E-state index >= 15 is 0 Å². The Bertz CT molecular complexity index is 628. The Labute approximate surface area is 122 Å². The lowest BCUT2D eigenvalue weighted by Crippen LogP contribution is -2.27. The van der Waals surface area contributed by atoms with Crippen LogP contribution in [0.5, 0.6) is 5.75 Å². The maximum atomic E-state index is 11.7. The summed E-state index contributed by atoms with van der Waals surface area (Å²) in [6.45, 7) is 0. The second-order valence-corrected chi connectivity index (χ2v) is 4.81. The fourth-order valence-corrected chi connectivity index (χ4v) is 2.33. The van der Waals surface area contributed by atoms with Crippen molar-refractivity contribution in [1.82, 2.24) is 5.06 Å². The van der Waals surface area contributed by atoms with Gasteiger partial charge >= 0.3 is 0 Å². The summed E-state index contributed by atoms with van der Waals surface area (Å²) in [5.41, 5.74) is 7.29. The number of carbonyl (C=O) groups is 1. The number of hydroxylamine groups is 2. The van der Waals surface area contributed by atoms with Gasteiger partial charge in [-0.15, -0.1) is 5.06 Å². The Morgan fingerprint density at radius 1 is 1.19 bits per heavy atom. The molecule has 0 radical (unpaired) electrons. The number of amides is 1. The minimum atomic E-state index is -0.585. The van der Waals surface area contributed by atoms with Gasteiger partial charge in [0.2, 0.25) is 5.91 Å². The van der Waals surface area contributed by atoms with Crippen LogP contribution in [0.3, 0.4) is 0 Å². The first-order chi connectivity index (χ1) is 10.2. The van der Waals surface area contributed by atoms with Crippen molar-refractivity contribution in [2.45, 2.75) is 12.3 Å². The van der Waals surface area contributed by atoms with E-state index in [9.17, 15) is 4.79 Å². The minimum Gasteiger partial charge on any atom is -0.497 e. The molecule has 1 aliphatic rings. The number of benzene rings is 2. The van der Waals surface area contributed by atoms with E-state index in [1.165, 1.54) is 0 Å². The highest BCUT2D eigenvalue weighted by Crippen LogP contribution is 2.44.